The van der Waals surface area contributed by atoms with Gasteiger partial charge >= 0.3 is 0 Å². The number of rotatable bonds is 2. The minimum atomic E-state index is 0.359. The molecule has 0 aliphatic carbocycles. The molecule has 1 aromatic carbocycles. The summed E-state index contributed by atoms with van der Waals surface area (Å²) in [5, 5.41) is 12.9. The minimum absolute atomic E-state index is 0.359. The second-order valence-electron chi connectivity index (χ2n) is 3.86. The largest absolute Gasteiger partial charge is 0.241 e. The van der Waals surface area contributed by atoms with Crippen LogP contribution in [0.3, 0.4) is 0 Å². The zero-order valence-corrected chi connectivity index (χ0v) is 9.44. The molecule has 2 aromatic rings. The fraction of sp³-hybridized carbons (Fsp3) is 0.231. The molecule has 0 saturated carbocycles. The SMILES string of the molecule is Cc1ccc(-n2ccc(CC#N)n2)cc1C. The summed E-state index contributed by atoms with van der Waals surface area (Å²) in [5.41, 5.74) is 4.36. The molecule has 0 bridgehead atoms. The van der Waals surface area contributed by atoms with Crippen molar-refractivity contribution in [2.45, 2.75) is 20.3 Å². The van der Waals surface area contributed by atoms with Crippen molar-refractivity contribution in [3.05, 3.63) is 47.3 Å². The molecule has 0 unspecified atom stereocenters. The third-order valence-corrected chi connectivity index (χ3v) is 2.66. The molecule has 0 amide bonds. The molecule has 0 aliphatic rings. The standard InChI is InChI=1S/C13H13N3/c1-10-3-4-13(9-11(10)2)16-8-6-12(15-16)5-7-14/h3-4,6,8-9H,5H2,1-2H3. The Kier molecular flexibility index (Phi) is 2.74. The molecule has 0 atom stereocenters. The Bertz CT molecular complexity index is 547. The van der Waals surface area contributed by atoms with Gasteiger partial charge in [0.15, 0.2) is 0 Å². The lowest BCUT2D eigenvalue weighted by Crippen LogP contribution is -1.97. The molecule has 80 valence electrons. The van der Waals surface area contributed by atoms with Crippen LogP contribution in [0.4, 0.5) is 0 Å². The predicted octanol–water partition coefficient (Wildman–Crippen LogP) is 2.56. The number of hydrogen-bond donors (Lipinski definition) is 0. The zero-order chi connectivity index (χ0) is 11.5. The van der Waals surface area contributed by atoms with E-state index in [4.69, 9.17) is 5.26 Å². The van der Waals surface area contributed by atoms with Gasteiger partial charge in [0.25, 0.3) is 0 Å². The Hall–Kier alpha value is -2.08. The average molecular weight is 211 g/mol. The first kappa shape index (κ1) is 10.4. The smallest absolute Gasteiger partial charge is 0.0793 e. The van der Waals surface area contributed by atoms with Gasteiger partial charge in [0.1, 0.15) is 0 Å². The van der Waals surface area contributed by atoms with Gasteiger partial charge in [-0.3, -0.25) is 0 Å². The van der Waals surface area contributed by atoms with E-state index in [-0.39, 0.29) is 0 Å². The van der Waals surface area contributed by atoms with Crippen molar-refractivity contribution >= 4 is 0 Å². The maximum absolute atomic E-state index is 8.58. The van der Waals surface area contributed by atoms with E-state index in [9.17, 15) is 0 Å². The van der Waals surface area contributed by atoms with Crippen molar-refractivity contribution in [3.8, 4) is 11.8 Å². The van der Waals surface area contributed by atoms with E-state index in [1.807, 2.05) is 18.3 Å². The van der Waals surface area contributed by atoms with Gasteiger partial charge in [0.2, 0.25) is 0 Å². The lowest BCUT2D eigenvalue weighted by Gasteiger charge is -2.04. The second-order valence-corrected chi connectivity index (χ2v) is 3.86. The van der Waals surface area contributed by atoms with E-state index in [1.54, 1.807) is 4.68 Å². The summed E-state index contributed by atoms with van der Waals surface area (Å²) < 4.78 is 1.80. The minimum Gasteiger partial charge on any atom is -0.241 e. The topological polar surface area (TPSA) is 41.6 Å². The molecule has 1 heterocycles. The Morgan fingerprint density at radius 2 is 2.06 bits per heavy atom. The van der Waals surface area contributed by atoms with Gasteiger partial charge in [-0.1, -0.05) is 6.07 Å². The third-order valence-electron chi connectivity index (χ3n) is 2.66. The first-order valence-corrected chi connectivity index (χ1v) is 5.20. The van der Waals surface area contributed by atoms with Gasteiger partial charge in [-0.05, 0) is 43.2 Å². The van der Waals surface area contributed by atoms with Crippen LogP contribution in [0.2, 0.25) is 0 Å². The number of aromatic nitrogens is 2. The summed E-state index contributed by atoms with van der Waals surface area (Å²) in [5.74, 6) is 0. The molecule has 0 radical (unpaired) electrons. The van der Waals surface area contributed by atoms with Gasteiger partial charge in [-0.15, -0.1) is 0 Å². The van der Waals surface area contributed by atoms with E-state index in [1.165, 1.54) is 11.1 Å². The van der Waals surface area contributed by atoms with Gasteiger partial charge in [0.05, 0.1) is 23.9 Å². The van der Waals surface area contributed by atoms with Crippen LogP contribution in [0, 0.1) is 25.2 Å². The summed E-state index contributed by atoms with van der Waals surface area (Å²) >= 11 is 0. The molecule has 0 spiro atoms. The van der Waals surface area contributed by atoms with Crippen molar-refractivity contribution in [2.24, 2.45) is 0 Å². The molecule has 3 heteroatoms. The van der Waals surface area contributed by atoms with Crippen LogP contribution in [-0.4, -0.2) is 9.78 Å². The average Bonchev–Trinajstić information content (AvgIpc) is 2.71. The summed E-state index contributed by atoms with van der Waals surface area (Å²) in [6.45, 7) is 4.17. The fourth-order valence-corrected chi connectivity index (χ4v) is 1.55. The summed E-state index contributed by atoms with van der Waals surface area (Å²) in [4.78, 5) is 0. The molecular weight excluding hydrogens is 198 g/mol. The van der Waals surface area contributed by atoms with E-state index >= 15 is 0 Å². The number of nitrogens with zero attached hydrogens (tertiary/aromatic N) is 3. The lowest BCUT2D eigenvalue weighted by molar-refractivity contribution is 0.851. The van der Waals surface area contributed by atoms with Crippen LogP contribution in [0.15, 0.2) is 30.5 Å². The van der Waals surface area contributed by atoms with Crippen molar-refractivity contribution in [2.75, 3.05) is 0 Å². The van der Waals surface area contributed by atoms with Crippen LogP contribution in [0.5, 0.6) is 0 Å². The maximum atomic E-state index is 8.58. The fourth-order valence-electron chi connectivity index (χ4n) is 1.55. The van der Waals surface area contributed by atoms with Gasteiger partial charge in [-0.25, -0.2) is 4.68 Å². The number of benzene rings is 1. The van der Waals surface area contributed by atoms with E-state index < -0.39 is 0 Å². The molecule has 2 rings (SSSR count). The Balaban J connectivity index is 2.36. The molecule has 3 nitrogen and oxygen atoms in total. The van der Waals surface area contributed by atoms with E-state index in [0.717, 1.165) is 11.4 Å². The summed E-state index contributed by atoms with van der Waals surface area (Å²) in [7, 11) is 0. The van der Waals surface area contributed by atoms with Crippen LogP contribution >= 0.6 is 0 Å². The summed E-state index contributed by atoms with van der Waals surface area (Å²) in [6, 6.07) is 10.2. The summed E-state index contributed by atoms with van der Waals surface area (Å²) in [6.07, 6.45) is 2.24. The van der Waals surface area contributed by atoms with Crippen molar-refractivity contribution < 1.29 is 0 Å². The van der Waals surface area contributed by atoms with Crippen LogP contribution in [-0.2, 0) is 6.42 Å². The normalized spacial score (nSPS) is 10.1. The third kappa shape index (κ3) is 1.96. The monoisotopic (exact) mass is 211 g/mol. The highest BCUT2D eigenvalue weighted by molar-refractivity contribution is 5.39. The van der Waals surface area contributed by atoms with Crippen molar-refractivity contribution in [1.82, 2.24) is 9.78 Å². The highest BCUT2D eigenvalue weighted by atomic mass is 15.3. The van der Waals surface area contributed by atoms with Crippen LogP contribution < -0.4 is 0 Å². The zero-order valence-electron chi connectivity index (χ0n) is 9.44. The van der Waals surface area contributed by atoms with Gasteiger partial charge in [0, 0.05) is 6.20 Å². The van der Waals surface area contributed by atoms with Crippen LogP contribution in [0.1, 0.15) is 16.8 Å². The molecule has 0 saturated heterocycles. The highest BCUT2D eigenvalue weighted by Crippen LogP contribution is 2.13. The molecule has 0 N–H and O–H groups in total. The first-order chi connectivity index (χ1) is 7.70. The molecule has 0 fully saturated rings. The maximum Gasteiger partial charge on any atom is 0.0793 e. The van der Waals surface area contributed by atoms with Gasteiger partial charge < -0.3 is 0 Å². The van der Waals surface area contributed by atoms with Crippen molar-refractivity contribution in [3.63, 3.8) is 0 Å². The number of nitriles is 1. The molecule has 1 aromatic heterocycles. The van der Waals surface area contributed by atoms with E-state index in [2.05, 4.69) is 37.1 Å². The van der Waals surface area contributed by atoms with E-state index in [0.29, 0.717) is 6.42 Å². The van der Waals surface area contributed by atoms with Crippen molar-refractivity contribution in [1.29, 1.82) is 5.26 Å². The molecule has 16 heavy (non-hydrogen) atoms. The Morgan fingerprint density at radius 1 is 1.25 bits per heavy atom. The Labute approximate surface area is 94.9 Å². The predicted molar refractivity (Wildman–Crippen MR) is 62.4 cm³/mol. The molecule has 0 aliphatic heterocycles. The molecular formula is C13H13N3. The van der Waals surface area contributed by atoms with Crippen LogP contribution in [0.25, 0.3) is 5.69 Å². The quantitative estimate of drug-likeness (QED) is 0.766. The first-order valence-electron chi connectivity index (χ1n) is 5.20. The second kappa shape index (κ2) is 4.19. The highest BCUT2D eigenvalue weighted by Gasteiger charge is 2.01. The van der Waals surface area contributed by atoms with Gasteiger partial charge in [-0.2, -0.15) is 10.4 Å². The Morgan fingerprint density at radius 3 is 2.75 bits per heavy atom. The number of hydrogen-bond acceptors (Lipinski definition) is 2. The number of aryl methyl sites for hydroxylation is 2. The lowest BCUT2D eigenvalue weighted by atomic mass is 10.1.